The van der Waals surface area contributed by atoms with Gasteiger partial charge in [-0.15, -0.1) is 11.3 Å². The molecule has 2 heterocycles. The van der Waals surface area contributed by atoms with Crippen molar-refractivity contribution in [2.45, 2.75) is 31.8 Å². The summed E-state index contributed by atoms with van der Waals surface area (Å²) < 4.78 is 5.14. The second-order valence-corrected chi connectivity index (χ2v) is 7.58. The van der Waals surface area contributed by atoms with Gasteiger partial charge in [-0.25, -0.2) is 9.97 Å². The number of hydrogen-bond acceptors (Lipinski definition) is 7. The molecule has 0 saturated heterocycles. The SMILES string of the molecule is COc1ccnc(Nc2cc(C)cc(-c3cnc(C4(O)CCC4)s3)c2)n1. The van der Waals surface area contributed by atoms with E-state index in [4.69, 9.17) is 4.74 Å². The highest BCUT2D eigenvalue weighted by Gasteiger charge is 2.39. The molecule has 1 aliphatic carbocycles. The maximum Gasteiger partial charge on any atom is 0.230 e. The van der Waals surface area contributed by atoms with Crippen molar-refractivity contribution in [2.24, 2.45) is 0 Å². The third-order valence-corrected chi connectivity index (χ3v) is 5.78. The molecule has 0 atom stereocenters. The molecule has 6 nitrogen and oxygen atoms in total. The third-order valence-electron chi connectivity index (χ3n) is 4.54. The predicted octanol–water partition coefficient (Wildman–Crippen LogP) is 4.03. The van der Waals surface area contributed by atoms with Crippen molar-refractivity contribution in [3.8, 4) is 16.3 Å². The summed E-state index contributed by atoms with van der Waals surface area (Å²) in [6.45, 7) is 2.04. The number of hydrogen-bond donors (Lipinski definition) is 2. The Morgan fingerprint density at radius 2 is 2.08 bits per heavy atom. The minimum Gasteiger partial charge on any atom is -0.481 e. The highest BCUT2D eigenvalue weighted by atomic mass is 32.1. The molecule has 0 unspecified atom stereocenters. The second kappa shape index (κ2) is 6.66. The zero-order chi connectivity index (χ0) is 18.1. The summed E-state index contributed by atoms with van der Waals surface area (Å²) in [5, 5.41) is 14.5. The maximum absolute atomic E-state index is 10.5. The summed E-state index contributed by atoms with van der Waals surface area (Å²) in [6.07, 6.45) is 6.16. The molecule has 0 bridgehead atoms. The first-order chi connectivity index (χ1) is 12.6. The molecule has 2 N–H and O–H groups in total. The molecule has 0 amide bonds. The number of nitrogens with one attached hydrogen (secondary N) is 1. The first-order valence-corrected chi connectivity index (χ1v) is 9.32. The van der Waals surface area contributed by atoms with Gasteiger partial charge >= 0.3 is 0 Å². The van der Waals surface area contributed by atoms with E-state index in [0.29, 0.717) is 11.8 Å². The van der Waals surface area contributed by atoms with Gasteiger partial charge in [0.2, 0.25) is 11.8 Å². The van der Waals surface area contributed by atoms with Crippen LogP contribution in [-0.2, 0) is 5.60 Å². The van der Waals surface area contributed by atoms with E-state index in [1.54, 1.807) is 30.7 Å². The van der Waals surface area contributed by atoms with Crippen molar-refractivity contribution in [1.29, 1.82) is 0 Å². The van der Waals surface area contributed by atoms with E-state index >= 15 is 0 Å². The lowest BCUT2D eigenvalue weighted by Gasteiger charge is -2.34. The summed E-state index contributed by atoms with van der Waals surface area (Å²) in [5.41, 5.74) is 2.35. The maximum atomic E-state index is 10.5. The number of thiazole rings is 1. The smallest absolute Gasteiger partial charge is 0.230 e. The van der Waals surface area contributed by atoms with Gasteiger partial charge in [0.05, 0.1) is 12.0 Å². The minimum atomic E-state index is -0.720. The standard InChI is InChI=1S/C19H20N4O2S/c1-12-8-13(15-11-21-17(26-15)19(24)5-3-6-19)10-14(9-12)22-18-20-7-4-16(23-18)25-2/h4,7-11,24H,3,5-6H2,1-2H3,(H,20,22,23). The van der Waals surface area contributed by atoms with E-state index in [9.17, 15) is 5.11 Å². The Labute approximate surface area is 155 Å². The second-order valence-electron chi connectivity index (χ2n) is 6.55. The minimum absolute atomic E-state index is 0.481. The molecule has 3 aromatic rings. The molecule has 0 spiro atoms. The van der Waals surface area contributed by atoms with Crippen molar-refractivity contribution < 1.29 is 9.84 Å². The van der Waals surface area contributed by atoms with Crippen LogP contribution in [0.15, 0.2) is 36.7 Å². The average Bonchev–Trinajstić information content (AvgIpc) is 3.10. The molecule has 2 aromatic heterocycles. The number of aryl methyl sites for hydroxylation is 1. The van der Waals surface area contributed by atoms with Crippen LogP contribution in [0.5, 0.6) is 5.88 Å². The van der Waals surface area contributed by atoms with Crippen molar-refractivity contribution in [3.63, 3.8) is 0 Å². The van der Waals surface area contributed by atoms with Crippen LogP contribution in [0.4, 0.5) is 11.6 Å². The monoisotopic (exact) mass is 368 g/mol. The number of anilines is 2. The number of benzene rings is 1. The van der Waals surface area contributed by atoms with Crippen molar-refractivity contribution in [2.75, 3.05) is 12.4 Å². The zero-order valence-corrected chi connectivity index (χ0v) is 15.5. The fraction of sp³-hybridized carbons (Fsp3) is 0.316. The molecule has 0 radical (unpaired) electrons. The first-order valence-electron chi connectivity index (χ1n) is 8.50. The fourth-order valence-electron chi connectivity index (χ4n) is 2.99. The molecular formula is C19H20N4O2S. The summed E-state index contributed by atoms with van der Waals surface area (Å²) in [4.78, 5) is 14.0. The van der Waals surface area contributed by atoms with Gasteiger partial charge in [-0.1, -0.05) is 6.07 Å². The zero-order valence-electron chi connectivity index (χ0n) is 14.7. The summed E-state index contributed by atoms with van der Waals surface area (Å²) in [6, 6.07) is 7.89. The number of nitrogens with zero attached hydrogens (tertiary/aromatic N) is 3. The molecule has 1 aromatic carbocycles. The van der Waals surface area contributed by atoms with E-state index in [1.165, 1.54) is 0 Å². The number of aromatic nitrogens is 3. The highest BCUT2D eigenvalue weighted by Crippen LogP contribution is 2.44. The molecule has 1 fully saturated rings. The lowest BCUT2D eigenvalue weighted by molar-refractivity contribution is -0.0389. The number of methoxy groups -OCH3 is 1. The Hall–Kier alpha value is -2.51. The summed E-state index contributed by atoms with van der Waals surface area (Å²) in [5.74, 6) is 0.992. The highest BCUT2D eigenvalue weighted by molar-refractivity contribution is 7.15. The lowest BCUT2D eigenvalue weighted by atomic mass is 9.81. The van der Waals surface area contributed by atoms with Gasteiger partial charge in [-0.2, -0.15) is 4.98 Å². The number of ether oxygens (including phenoxy) is 1. The normalized spacial score (nSPS) is 15.3. The molecular weight excluding hydrogens is 348 g/mol. The third kappa shape index (κ3) is 3.27. The summed E-state index contributed by atoms with van der Waals surface area (Å²) >= 11 is 1.56. The molecule has 1 aliphatic rings. The molecule has 134 valence electrons. The molecule has 0 aliphatic heterocycles. The summed E-state index contributed by atoms with van der Waals surface area (Å²) in [7, 11) is 1.58. The predicted molar refractivity (Wildman–Crippen MR) is 102 cm³/mol. The molecule has 4 rings (SSSR count). The van der Waals surface area contributed by atoms with Crippen LogP contribution < -0.4 is 10.1 Å². The van der Waals surface area contributed by atoms with Gasteiger partial charge < -0.3 is 15.2 Å². The van der Waals surface area contributed by atoms with E-state index in [1.807, 2.05) is 25.3 Å². The van der Waals surface area contributed by atoms with Crippen LogP contribution >= 0.6 is 11.3 Å². The van der Waals surface area contributed by atoms with E-state index in [0.717, 1.165) is 46.0 Å². The van der Waals surface area contributed by atoms with Gasteiger partial charge in [-0.3, -0.25) is 0 Å². The quantitative estimate of drug-likeness (QED) is 0.708. The van der Waals surface area contributed by atoms with Crippen LogP contribution in [0.3, 0.4) is 0 Å². The molecule has 26 heavy (non-hydrogen) atoms. The average molecular weight is 368 g/mol. The van der Waals surface area contributed by atoms with Gasteiger partial charge in [0.15, 0.2) is 0 Å². The van der Waals surface area contributed by atoms with Crippen molar-refractivity contribution in [3.05, 3.63) is 47.2 Å². The Bertz CT molecular complexity index is 937. The Balaban J connectivity index is 1.62. The van der Waals surface area contributed by atoms with Crippen molar-refractivity contribution in [1.82, 2.24) is 15.0 Å². The van der Waals surface area contributed by atoms with E-state index in [-0.39, 0.29) is 0 Å². The Morgan fingerprint density at radius 3 is 2.81 bits per heavy atom. The molecule has 1 saturated carbocycles. The Kier molecular flexibility index (Phi) is 4.34. The fourth-order valence-corrected chi connectivity index (χ4v) is 4.04. The van der Waals surface area contributed by atoms with E-state index in [2.05, 4.69) is 26.3 Å². The molecule has 7 heteroatoms. The van der Waals surface area contributed by atoms with Crippen LogP contribution in [0.2, 0.25) is 0 Å². The van der Waals surface area contributed by atoms with Crippen LogP contribution in [-0.4, -0.2) is 27.2 Å². The van der Waals surface area contributed by atoms with Crippen LogP contribution in [0.1, 0.15) is 29.8 Å². The van der Waals surface area contributed by atoms with Gasteiger partial charge in [0, 0.05) is 24.1 Å². The van der Waals surface area contributed by atoms with Crippen LogP contribution in [0, 0.1) is 6.92 Å². The van der Waals surface area contributed by atoms with Crippen molar-refractivity contribution >= 4 is 23.0 Å². The number of rotatable bonds is 5. The van der Waals surface area contributed by atoms with Gasteiger partial charge in [0.1, 0.15) is 10.6 Å². The van der Waals surface area contributed by atoms with Gasteiger partial charge in [0.25, 0.3) is 0 Å². The topological polar surface area (TPSA) is 80.2 Å². The largest absolute Gasteiger partial charge is 0.481 e. The van der Waals surface area contributed by atoms with Gasteiger partial charge in [-0.05, 0) is 49.4 Å². The first kappa shape index (κ1) is 16.9. The lowest BCUT2D eigenvalue weighted by Crippen LogP contribution is -2.33. The van der Waals surface area contributed by atoms with E-state index < -0.39 is 5.60 Å². The van der Waals surface area contributed by atoms with Crippen LogP contribution in [0.25, 0.3) is 10.4 Å². The number of aliphatic hydroxyl groups is 1. The Morgan fingerprint density at radius 1 is 1.23 bits per heavy atom.